The lowest BCUT2D eigenvalue weighted by Crippen LogP contribution is -1.87. The fourth-order valence-electron chi connectivity index (χ4n) is 2.20. The lowest BCUT2D eigenvalue weighted by molar-refractivity contribution is 1.22. The van der Waals surface area contributed by atoms with Crippen molar-refractivity contribution < 1.29 is 0 Å². The molecule has 17 heavy (non-hydrogen) atoms. The van der Waals surface area contributed by atoms with Gasteiger partial charge in [0.25, 0.3) is 0 Å². The number of thiophene rings is 1. The molecule has 84 valence electrons. The van der Waals surface area contributed by atoms with E-state index in [1.54, 1.807) is 0 Å². The van der Waals surface area contributed by atoms with E-state index in [0.29, 0.717) is 0 Å². The second-order valence-corrected chi connectivity index (χ2v) is 5.25. The largest absolute Gasteiger partial charge is 0.143 e. The topological polar surface area (TPSA) is 0 Å². The van der Waals surface area contributed by atoms with Gasteiger partial charge in [0, 0.05) is 4.70 Å². The lowest BCUT2D eigenvalue weighted by Gasteiger charge is -2.03. The van der Waals surface area contributed by atoms with Crippen LogP contribution in [-0.2, 0) is 6.42 Å². The van der Waals surface area contributed by atoms with Gasteiger partial charge in [-0.25, -0.2) is 0 Å². The van der Waals surface area contributed by atoms with Gasteiger partial charge in [-0.1, -0.05) is 48.5 Å². The van der Waals surface area contributed by atoms with E-state index in [9.17, 15) is 0 Å². The molecule has 0 fully saturated rings. The van der Waals surface area contributed by atoms with Crippen molar-refractivity contribution in [2.45, 2.75) is 13.3 Å². The SMILES string of the molecule is Cc1csc2c(Cc3ccccc3)cccc12. The molecule has 3 rings (SSSR count). The summed E-state index contributed by atoms with van der Waals surface area (Å²) in [5.74, 6) is 0. The maximum Gasteiger partial charge on any atom is 0.0380 e. The van der Waals surface area contributed by atoms with Crippen LogP contribution in [0.2, 0.25) is 0 Å². The quantitative estimate of drug-likeness (QED) is 0.601. The van der Waals surface area contributed by atoms with Crippen molar-refractivity contribution >= 4 is 21.4 Å². The lowest BCUT2D eigenvalue weighted by atomic mass is 10.0. The van der Waals surface area contributed by atoms with Crippen molar-refractivity contribution in [1.29, 1.82) is 0 Å². The number of hydrogen-bond acceptors (Lipinski definition) is 1. The molecule has 0 aliphatic carbocycles. The summed E-state index contributed by atoms with van der Waals surface area (Å²) in [6.45, 7) is 2.19. The highest BCUT2D eigenvalue weighted by Crippen LogP contribution is 2.29. The zero-order valence-corrected chi connectivity index (χ0v) is 10.6. The molecule has 1 aromatic heterocycles. The van der Waals surface area contributed by atoms with Gasteiger partial charge in [0.05, 0.1) is 0 Å². The summed E-state index contributed by atoms with van der Waals surface area (Å²) in [7, 11) is 0. The Balaban J connectivity index is 2.06. The molecule has 0 aliphatic rings. The second-order valence-electron chi connectivity index (χ2n) is 4.37. The molecule has 2 aromatic carbocycles. The van der Waals surface area contributed by atoms with Gasteiger partial charge >= 0.3 is 0 Å². The Morgan fingerprint density at radius 2 is 1.76 bits per heavy atom. The van der Waals surface area contributed by atoms with Gasteiger partial charge in [-0.2, -0.15) is 0 Å². The third-order valence-corrected chi connectivity index (χ3v) is 4.30. The van der Waals surface area contributed by atoms with E-state index in [1.807, 2.05) is 11.3 Å². The van der Waals surface area contributed by atoms with Crippen molar-refractivity contribution in [1.82, 2.24) is 0 Å². The Morgan fingerprint density at radius 1 is 0.941 bits per heavy atom. The first kappa shape index (κ1) is 10.5. The van der Waals surface area contributed by atoms with Crippen LogP contribution in [0.3, 0.4) is 0 Å². The molecule has 0 nitrogen and oxygen atoms in total. The van der Waals surface area contributed by atoms with Gasteiger partial charge in [-0.15, -0.1) is 11.3 Å². The predicted molar refractivity (Wildman–Crippen MR) is 75.8 cm³/mol. The normalized spacial score (nSPS) is 10.9. The fraction of sp³-hybridized carbons (Fsp3) is 0.125. The molecule has 0 bridgehead atoms. The van der Waals surface area contributed by atoms with E-state index >= 15 is 0 Å². The van der Waals surface area contributed by atoms with Crippen LogP contribution < -0.4 is 0 Å². The predicted octanol–water partition coefficient (Wildman–Crippen LogP) is 4.80. The van der Waals surface area contributed by atoms with E-state index in [-0.39, 0.29) is 0 Å². The Hall–Kier alpha value is -1.60. The Kier molecular flexibility index (Phi) is 2.69. The van der Waals surface area contributed by atoms with Crippen LogP contribution in [0, 0.1) is 6.92 Å². The average Bonchev–Trinajstić information content (AvgIpc) is 2.74. The Morgan fingerprint density at radius 3 is 2.59 bits per heavy atom. The molecule has 3 aromatic rings. The highest BCUT2D eigenvalue weighted by atomic mass is 32.1. The molecule has 0 unspecified atom stereocenters. The molecule has 0 amide bonds. The van der Waals surface area contributed by atoms with E-state index in [4.69, 9.17) is 0 Å². The summed E-state index contributed by atoms with van der Waals surface area (Å²) in [5.41, 5.74) is 4.21. The van der Waals surface area contributed by atoms with Crippen molar-refractivity contribution in [3.8, 4) is 0 Å². The molecule has 0 atom stereocenters. The molecule has 0 radical (unpaired) electrons. The molecule has 0 saturated heterocycles. The van der Waals surface area contributed by atoms with E-state index in [0.717, 1.165) is 6.42 Å². The van der Waals surface area contributed by atoms with Crippen molar-refractivity contribution in [3.05, 3.63) is 70.6 Å². The van der Waals surface area contributed by atoms with Crippen LogP contribution in [0.15, 0.2) is 53.9 Å². The van der Waals surface area contributed by atoms with Crippen LogP contribution >= 0.6 is 11.3 Å². The van der Waals surface area contributed by atoms with Gasteiger partial charge in [-0.3, -0.25) is 0 Å². The van der Waals surface area contributed by atoms with Gasteiger partial charge in [0.1, 0.15) is 0 Å². The maximum absolute atomic E-state index is 2.25. The Labute approximate surface area is 106 Å². The number of aryl methyl sites for hydroxylation is 1. The van der Waals surface area contributed by atoms with Gasteiger partial charge in [0.2, 0.25) is 0 Å². The first-order chi connectivity index (χ1) is 8.34. The minimum atomic E-state index is 1.03. The number of fused-ring (bicyclic) bond motifs is 1. The summed E-state index contributed by atoms with van der Waals surface area (Å²) >= 11 is 1.86. The minimum absolute atomic E-state index is 1.03. The molecular weight excluding hydrogens is 224 g/mol. The zero-order valence-electron chi connectivity index (χ0n) is 9.81. The highest BCUT2D eigenvalue weighted by Gasteiger charge is 2.05. The third-order valence-electron chi connectivity index (χ3n) is 3.11. The highest BCUT2D eigenvalue weighted by molar-refractivity contribution is 7.17. The standard InChI is InChI=1S/C16H14S/c1-12-11-17-16-14(8-5-9-15(12)16)10-13-6-3-2-4-7-13/h2-9,11H,10H2,1H3. The van der Waals surface area contributed by atoms with Gasteiger partial charge < -0.3 is 0 Å². The summed E-state index contributed by atoms with van der Waals surface area (Å²) in [5, 5.41) is 3.66. The molecule has 0 N–H and O–H groups in total. The van der Waals surface area contributed by atoms with E-state index in [2.05, 4.69) is 60.8 Å². The van der Waals surface area contributed by atoms with Gasteiger partial charge in [-0.05, 0) is 40.8 Å². The summed E-state index contributed by atoms with van der Waals surface area (Å²) < 4.78 is 1.44. The molecule has 0 saturated carbocycles. The van der Waals surface area contributed by atoms with Crippen molar-refractivity contribution in [3.63, 3.8) is 0 Å². The number of rotatable bonds is 2. The maximum atomic E-state index is 2.25. The molecule has 1 heterocycles. The van der Waals surface area contributed by atoms with E-state index in [1.165, 1.54) is 26.8 Å². The summed E-state index contributed by atoms with van der Waals surface area (Å²) in [4.78, 5) is 0. The van der Waals surface area contributed by atoms with Crippen molar-refractivity contribution in [2.75, 3.05) is 0 Å². The van der Waals surface area contributed by atoms with Gasteiger partial charge in [0.15, 0.2) is 0 Å². The summed E-state index contributed by atoms with van der Waals surface area (Å²) in [6.07, 6.45) is 1.03. The average molecular weight is 238 g/mol. The zero-order chi connectivity index (χ0) is 11.7. The molecule has 0 spiro atoms. The smallest absolute Gasteiger partial charge is 0.0380 e. The van der Waals surface area contributed by atoms with Crippen LogP contribution in [0.1, 0.15) is 16.7 Å². The van der Waals surface area contributed by atoms with Crippen molar-refractivity contribution in [2.24, 2.45) is 0 Å². The molecule has 0 aliphatic heterocycles. The van der Waals surface area contributed by atoms with Crippen LogP contribution in [0.4, 0.5) is 0 Å². The van der Waals surface area contributed by atoms with Crippen LogP contribution in [0.5, 0.6) is 0 Å². The minimum Gasteiger partial charge on any atom is -0.143 e. The first-order valence-corrected chi connectivity index (χ1v) is 6.72. The molecular formula is C16H14S. The summed E-state index contributed by atoms with van der Waals surface area (Å²) in [6, 6.07) is 17.3. The number of hydrogen-bond donors (Lipinski definition) is 0. The second kappa shape index (κ2) is 4.34. The fourth-order valence-corrected chi connectivity index (χ4v) is 3.27. The monoisotopic (exact) mass is 238 g/mol. The molecule has 1 heteroatoms. The van der Waals surface area contributed by atoms with Crippen LogP contribution in [0.25, 0.3) is 10.1 Å². The first-order valence-electron chi connectivity index (χ1n) is 5.84. The number of benzene rings is 2. The van der Waals surface area contributed by atoms with E-state index < -0.39 is 0 Å². The third kappa shape index (κ3) is 1.98. The Bertz CT molecular complexity index is 635. The van der Waals surface area contributed by atoms with Crippen LogP contribution in [-0.4, -0.2) is 0 Å².